The van der Waals surface area contributed by atoms with E-state index in [-0.39, 0.29) is 19.4 Å². The summed E-state index contributed by atoms with van der Waals surface area (Å²) in [7, 11) is 0. The van der Waals surface area contributed by atoms with Gasteiger partial charge in [0.2, 0.25) is 0 Å². The molecule has 2 fully saturated rings. The van der Waals surface area contributed by atoms with Crippen molar-refractivity contribution in [1.82, 2.24) is 0 Å². The Balaban J connectivity index is 1.83. The second-order valence-corrected chi connectivity index (χ2v) is 18.0. The molecular weight excluding hydrogens is 901 g/mol. The van der Waals surface area contributed by atoms with Gasteiger partial charge in [0.25, 0.3) is 0 Å². The number of rotatable bonds is 39. The molecule has 0 spiro atoms. The summed E-state index contributed by atoms with van der Waals surface area (Å²) in [4.78, 5) is 25.8. The molecule has 0 aromatic carbocycles. The maximum Gasteiger partial charge on any atom is 0.306 e. The number of ether oxygens (including phenoxy) is 6. The third-order valence-corrected chi connectivity index (χ3v) is 11.9. The van der Waals surface area contributed by atoms with Crippen LogP contribution in [0.1, 0.15) is 155 Å². The minimum Gasteiger partial charge on any atom is -0.462 e. The highest BCUT2D eigenvalue weighted by Gasteiger charge is 2.47. The fraction of sp³-hybridized carbons (Fsp3) is 0.709. The first-order chi connectivity index (χ1) is 34.0. The van der Waals surface area contributed by atoms with E-state index in [2.05, 4.69) is 98.9 Å². The van der Waals surface area contributed by atoms with Crippen LogP contribution in [0.2, 0.25) is 0 Å². The van der Waals surface area contributed by atoms with Crippen molar-refractivity contribution in [2.24, 2.45) is 0 Å². The van der Waals surface area contributed by atoms with Gasteiger partial charge in [-0.1, -0.05) is 137 Å². The zero-order valence-corrected chi connectivity index (χ0v) is 42.2. The highest BCUT2D eigenvalue weighted by Crippen LogP contribution is 2.26. The molecule has 0 aromatic rings. The zero-order valence-electron chi connectivity index (χ0n) is 42.2. The average molecular weight is 991 g/mol. The molecule has 2 aliphatic rings. The van der Waals surface area contributed by atoms with Gasteiger partial charge in [-0.05, 0) is 89.9 Å². The van der Waals surface area contributed by atoms with Gasteiger partial charge in [-0.25, -0.2) is 0 Å². The van der Waals surface area contributed by atoms with Gasteiger partial charge in [0, 0.05) is 12.8 Å². The van der Waals surface area contributed by atoms with Crippen LogP contribution in [0.5, 0.6) is 0 Å². The lowest BCUT2D eigenvalue weighted by Crippen LogP contribution is -2.61. The summed E-state index contributed by atoms with van der Waals surface area (Å²) in [5, 5.41) is 72.1. The van der Waals surface area contributed by atoms with E-state index in [1.165, 1.54) is 19.3 Å². The van der Waals surface area contributed by atoms with Gasteiger partial charge >= 0.3 is 11.9 Å². The van der Waals surface area contributed by atoms with Crippen LogP contribution >= 0.6 is 0 Å². The second-order valence-electron chi connectivity index (χ2n) is 18.0. The minimum absolute atomic E-state index is 0.137. The Hall–Kier alpha value is -3.32. The fourth-order valence-electron chi connectivity index (χ4n) is 7.57. The molecule has 15 nitrogen and oxygen atoms in total. The Morgan fingerprint density at radius 3 is 1.43 bits per heavy atom. The SMILES string of the molecule is CC/C=C/C/C=C/C/C=C/C/C=C/C/C=C/CCCCCC(=O)OC[C@@H](CO[C@@H]1O[C@H](CO[C@@H]2O[C@H](CO)[C@H](O)C(O)C2O)[C@H](O)C(O)C1O)OC(=O)CCCCCCC/C=C/C/C=C/CCCCC. The van der Waals surface area contributed by atoms with E-state index in [9.17, 15) is 45.3 Å². The summed E-state index contributed by atoms with van der Waals surface area (Å²) in [5.41, 5.74) is 0. The molecule has 7 N–H and O–H groups in total. The van der Waals surface area contributed by atoms with Crippen LogP contribution in [0.3, 0.4) is 0 Å². The first-order valence-electron chi connectivity index (χ1n) is 26.2. The maximum absolute atomic E-state index is 13.0. The van der Waals surface area contributed by atoms with Gasteiger partial charge in [0.15, 0.2) is 18.7 Å². The van der Waals surface area contributed by atoms with Crippen molar-refractivity contribution < 1.29 is 73.8 Å². The average Bonchev–Trinajstić information content (AvgIpc) is 3.35. The van der Waals surface area contributed by atoms with Crippen LogP contribution in [0.25, 0.3) is 0 Å². The van der Waals surface area contributed by atoms with Crippen molar-refractivity contribution >= 4 is 11.9 Å². The first-order valence-corrected chi connectivity index (χ1v) is 26.2. The van der Waals surface area contributed by atoms with E-state index in [1.54, 1.807) is 0 Å². The van der Waals surface area contributed by atoms with E-state index in [4.69, 9.17) is 28.4 Å². The van der Waals surface area contributed by atoms with E-state index in [1.807, 2.05) is 0 Å². The Morgan fingerprint density at radius 1 is 0.471 bits per heavy atom. The van der Waals surface area contributed by atoms with Crippen molar-refractivity contribution in [3.63, 3.8) is 0 Å². The number of hydrogen-bond donors (Lipinski definition) is 7. The molecule has 15 heteroatoms. The van der Waals surface area contributed by atoms with E-state index < -0.39 is 99.3 Å². The van der Waals surface area contributed by atoms with Crippen molar-refractivity contribution in [3.8, 4) is 0 Å². The number of allylic oxidation sites excluding steroid dienone is 14. The standard InChI is InChI=1S/C55H90O15/c1-3-5-7-9-11-13-15-17-19-20-21-22-24-25-27-29-31-33-35-37-46(57)65-40-43(68-47(58)38-36-34-32-30-28-26-23-18-16-14-12-10-8-6-4-2)41-66-54-53(64)51(62)49(60)45(70-54)42-67-55-52(63)50(61)48(59)44(39-56)69-55/h5,7,11-14,17-19,21-23,25,27,43-45,48-56,59-64H,3-4,6,8-10,15-16,20,24,26,28-42H2,1-2H3/b7-5+,13-11+,14-12+,19-17+,22-21+,23-18+,27-25+/t43-,44+,45+,48-,49-,50?,51?,52?,53?,54+,55+/m0/s1. The molecule has 0 aliphatic carbocycles. The largest absolute Gasteiger partial charge is 0.462 e. The smallest absolute Gasteiger partial charge is 0.306 e. The second kappa shape index (κ2) is 41.2. The van der Waals surface area contributed by atoms with Gasteiger partial charge in [-0.15, -0.1) is 0 Å². The van der Waals surface area contributed by atoms with E-state index in [0.717, 1.165) is 96.3 Å². The lowest BCUT2D eigenvalue weighted by Gasteiger charge is -2.42. The van der Waals surface area contributed by atoms with Gasteiger partial charge in [0.1, 0.15) is 55.4 Å². The molecule has 0 amide bonds. The maximum atomic E-state index is 13.0. The molecule has 70 heavy (non-hydrogen) atoms. The molecule has 0 bridgehead atoms. The van der Waals surface area contributed by atoms with Crippen molar-refractivity contribution in [2.45, 2.75) is 223 Å². The summed E-state index contributed by atoms with van der Waals surface area (Å²) >= 11 is 0. The number of unbranched alkanes of at least 4 members (excludes halogenated alkanes) is 11. The van der Waals surface area contributed by atoms with Gasteiger partial charge < -0.3 is 64.2 Å². The molecule has 2 rings (SSSR count). The molecule has 0 saturated carbocycles. The number of hydrogen-bond acceptors (Lipinski definition) is 15. The quantitative estimate of drug-likeness (QED) is 0.0179. The van der Waals surface area contributed by atoms with Crippen LogP contribution in [-0.4, -0.2) is 142 Å². The topological polar surface area (TPSA) is 231 Å². The van der Waals surface area contributed by atoms with Crippen LogP contribution in [0.15, 0.2) is 85.1 Å². The summed E-state index contributed by atoms with van der Waals surface area (Å²) in [6.07, 6.45) is 33.2. The van der Waals surface area contributed by atoms with E-state index in [0.29, 0.717) is 12.8 Å². The Kier molecular flexibility index (Phi) is 36.9. The summed E-state index contributed by atoms with van der Waals surface area (Å²) < 4.78 is 33.5. The Labute approximate surface area is 418 Å². The third-order valence-electron chi connectivity index (χ3n) is 11.9. The van der Waals surface area contributed by atoms with E-state index >= 15 is 0 Å². The number of aliphatic hydroxyl groups is 7. The lowest BCUT2D eigenvalue weighted by molar-refractivity contribution is -0.332. The van der Waals surface area contributed by atoms with Crippen molar-refractivity contribution in [2.75, 3.05) is 26.4 Å². The molecule has 2 saturated heterocycles. The normalized spacial score (nSPS) is 26.1. The molecule has 11 atom stereocenters. The summed E-state index contributed by atoms with van der Waals surface area (Å²) in [5.74, 6) is -0.987. The fourth-order valence-corrected chi connectivity index (χ4v) is 7.57. The van der Waals surface area contributed by atoms with Crippen molar-refractivity contribution in [3.05, 3.63) is 85.1 Å². The third kappa shape index (κ3) is 28.7. The summed E-state index contributed by atoms with van der Waals surface area (Å²) in [6, 6.07) is 0. The van der Waals surface area contributed by atoms with Gasteiger partial charge in [-0.2, -0.15) is 0 Å². The number of aliphatic hydroxyl groups excluding tert-OH is 7. The molecule has 0 aromatic heterocycles. The van der Waals surface area contributed by atoms with Crippen LogP contribution in [-0.2, 0) is 38.0 Å². The van der Waals surface area contributed by atoms with Crippen LogP contribution in [0.4, 0.5) is 0 Å². The molecule has 400 valence electrons. The molecular formula is C55H90O15. The van der Waals surface area contributed by atoms with Crippen molar-refractivity contribution in [1.29, 1.82) is 0 Å². The predicted molar refractivity (Wildman–Crippen MR) is 270 cm³/mol. The van der Waals surface area contributed by atoms with Gasteiger partial charge in [0.05, 0.1) is 19.8 Å². The predicted octanol–water partition coefficient (Wildman–Crippen LogP) is 7.60. The Bertz CT molecular complexity index is 1540. The molecule has 0 radical (unpaired) electrons. The zero-order chi connectivity index (χ0) is 51.0. The van der Waals surface area contributed by atoms with Crippen LogP contribution in [0, 0.1) is 0 Å². The molecule has 4 unspecified atom stereocenters. The van der Waals surface area contributed by atoms with Crippen LogP contribution < -0.4 is 0 Å². The highest BCUT2D eigenvalue weighted by molar-refractivity contribution is 5.70. The first kappa shape index (κ1) is 62.8. The lowest BCUT2D eigenvalue weighted by atomic mass is 9.98. The summed E-state index contributed by atoms with van der Waals surface area (Å²) in [6.45, 7) is 2.38. The Morgan fingerprint density at radius 2 is 0.900 bits per heavy atom. The number of carbonyl (C=O) groups is 2. The minimum atomic E-state index is -1.78. The highest BCUT2D eigenvalue weighted by atomic mass is 16.7. The number of esters is 2. The monoisotopic (exact) mass is 991 g/mol. The number of carbonyl (C=O) groups excluding carboxylic acids is 2. The molecule has 2 aliphatic heterocycles. The molecule has 2 heterocycles. The van der Waals surface area contributed by atoms with Gasteiger partial charge in [-0.3, -0.25) is 9.59 Å².